The van der Waals surface area contributed by atoms with Crippen molar-refractivity contribution in [2.24, 2.45) is 0 Å². The normalized spacial score (nSPS) is 12.2. The molecule has 1 aromatic heterocycles. The highest BCUT2D eigenvalue weighted by molar-refractivity contribution is 6.31. The zero-order chi connectivity index (χ0) is 13.1. The Morgan fingerprint density at radius 2 is 2.06 bits per heavy atom. The van der Waals surface area contributed by atoms with Crippen LogP contribution in [0.15, 0.2) is 41.0 Å². The Morgan fingerprint density at radius 1 is 1.28 bits per heavy atom. The minimum absolute atomic E-state index is 0.0946. The van der Waals surface area contributed by atoms with E-state index in [4.69, 9.17) is 16.0 Å². The Kier molecular flexibility index (Phi) is 3.82. The quantitative estimate of drug-likeness (QED) is 0.898. The molecular formula is C14H17ClN2O. The number of benzene rings is 1. The summed E-state index contributed by atoms with van der Waals surface area (Å²) in [6.45, 7) is 2.05. The fourth-order valence-electron chi connectivity index (χ4n) is 1.86. The summed E-state index contributed by atoms with van der Waals surface area (Å²) in [4.78, 5) is 2.05. The first-order valence-electron chi connectivity index (χ1n) is 5.84. The van der Waals surface area contributed by atoms with Gasteiger partial charge in [-0.25, -0.2) is 0 Å². The van der Waals surface area contributed by atoms with Gasteiger partial charge < -0.3 is 14.6 Å². The molecule has 1 unspecified atom stereocenters. The first kappa shape index (κ1) is 12.8. The maximum Gasteiger partial charge on any atom is 0.125 e. The van der Waals surface area contributed by atoms with Crippen LogP contribution in [0.25, 0.3) is 0 Å². The van der Waals surface area contributed by atoms with Crippen molar-refractivity contribution in [1.82, 2.24) is 0 Å². The molecule has 0 saturated carbocycles. The highest BCUT2D eigenvalue weighted by atomic mass is 35.5. The fourth-order valence-corrected chi connectivity index (χ4v) is 2.03. The van der Waals surface area contributed by atoms with Crippen LogP contribution in [0.1, 0.15) is 18.7 Å². The van der Waals surface area contributed by atoms with Crippen LogP contribution in [0.3, 0.4) is 0 Å². The average Bonchev–Trinajstić information content (AvgIpc) is 2.81. The Labute approximate surface area is 112 Å². The molecule has 1 aromatic carbocycles. The van der Waals surface area contributed by atoms with Gasteiger partial charge in [-0.2, -0.15) is 0 Å². The molecule has 0 aliphatic rings. The molecule has 2 rings (SSSR count). The SMILES string of the molecule is CC(Nc1cc(Cl)ccc1N(C)C)c1ccco1. The number of furan rings is 1. The van der Waals surface area contributed by atoms with Gasteiger partial charge in [-0.15, -0.1) is 0 Å². The van der Waals surface area contributed by atoms with Crippen molar-refractivity contribution in [3.63, 3.8) is 0 Å². The van der Waals surface area contributed by atoms with Gasteiger partial charge in [-0.05, 0) is 37.3 Å². The van der Waals surface area contributed by atoms with E-state index in [1.807, 2.05) is 49.3 Å². The Balaban J connectivity index is 2.25. The standard InChI is InChI=1S/C14H17ClN2O/c1-10(14-5-4-8-18-14)16-12-9-11(15)6-7-13(12)17(2)3/h4-10,16H,1-3H3. The van der Waals surface area contributed by atoms with E-state index in [0.717, 1.165) is 22.2 Å². The molecule has 0 saturated heterocycles. The second kappa shape index (κ2) is 5.36. The molecule has 0 aliphatic heterocycles. The maximum atomic E-state index is 6.05. The highest BCUT2D eigenvalue weighted by Crippen LogP contribution is 2.30. The second-order valence-corrected chi connectivity index (χ2v) is 4.87. The molecule has 18 heavy (non-hydrogen) atoms. The molecule has 0 aliphatic carbocycles. The lowest BCUT2D eigenvalue weighted by atomic mass is 10.2. The number of rotatable bonds is 4. The lowest BCUT2D eigenvalue weighted by molar-refractivity contribution is 0.490. The molecule has 0 amide bonds. The molecule has 0 radical (unpaired) electrons. The number of nitrogens with one attached hydrogen (secondary N) is 1. The minimum atomic E-state index is 0.0946. The van der Waals surface area contributed by atoms with Crippen LogP contribution in [0.2, 0.25) is 5.02 Å². The summed E-state index contributed by atoms with van der Waals surface area (Å²) in [7, 11) is 4.01. The zero-order valence-electron chi connectivity index (χ0n) is 10.8. The molecule has 1 atom stereocenters. The van der Waals surface area contributed by atoms with Crippen molar-refractivity contribution in [3.05, 3.63) is 47.4 Å². The first-order valence-corrected chi connectivity index (χ1v) is 6.22. The molecule has 0 bridgehead atoms. The number of hydrogen-bond acceptors (Lipinski definition) is 3. The van der Waals surface area contributed by atoms with Crippen molar-refractivity contribution in [1.29, 1.82) is 0 Å². The van der Waals surface area contributed by atoms with E-state index in [-0.39, 0.29) is 6.04 Å². The molecule has 1 heterocycles. The number of nitrogens with zero attached hydrogens (tertiary/aromatic N) is 1. The highest BCUT2D eigenvalue weighted by Gasteiger charge is 2.11. The van der Waals surface area contributed by atoms with Crippen LogP contribution in [0, 0.1) is 0 Å². The monoisotopic (exact) mass is 264 g/mol. The van der Waals surface area contributed by atoms with E-state index in [2.05, 4.69) is 12.2 Å². The van der Waals surface area contributed by atoms with Crippen molar-refractivity contribution in [2.75, 3.05) is 24.3 Å². The summed E-state index contributed by atoms with van der Waals surface area (Å²) in [6.07, 6.45) is 1.68. The van der Waals surface area contributed by atoms with E-state index in [0.29, 0.717) is 0 Å². The lowest BCUT2D eigenvalue weighted by Gasteiger charge is -2.21. The van der Waals surface area contributed by atoms with E-state index >= 15 is 0 Å². The molecule has 4 heteroatoms. The number of halogens is 1. The van der Waals surface area contributed by atoms with Gasteiger partial charge in [0.2, 0.25) is 0 Å². The summed E-state index contributed by atoms with van der Waals surface area (Å²) < 4.78 is 5.39. The van der Waals surface area contributed by atoms with Gasteiger partial charge in [0.25, 0.3) is 0 Å². The summed E-state index contributed by atoms with van der Waals surface area (Å²) in [6, 6.07) is 9.75. The predicted octanol–water partition coefficient (Wildman–Crippen LogP) is 4.17. The number of anilines is 2. The van der Waals surface area contributed by atoms with Crippen LogP contribution in [0.4, 0.5) is 11.4 Å². The van der Waals surface area contributed by atoms with Gasteiger partial charge in [-0.3, -0.25) is 0 Å². The second-order valence-electron chi connectivity index (χ2n) is 4.44. The van der Waals surface area contributed by atoms with Crippen LogP contribution in [-0.2, 0) is 0 Å². The molecular weight excluding hydrogens is 248 g/mol. The molecule has 1 N–H and O–H groups in total. The summed E-state index contributed by atoms with van der Waals surface area (Å²) in [5, 5.41) is 4.13. The third kappa shape index (κ3) is 2.79. The molecule has 96 valence electrons. The van der Waals surface area contributed by atoms with E-state index in [1.165, 1.54) is 0 Å². The first-order chi connectivity index (χ1) is 8.58. The van der Waals surface area contributed by atoms with Crippen LogP contribution < -0.4 is 10.2 Å². The van der Waals surface area contributed by atoms with Gasteiger partial charge in [0.1, 0.15) is 5.76 Å². The van der Waals surface area contributed by atoms with Crippen molar-refractivity contribution in [3.8, 4) is 0 Å². The Bertz CT molecular complexity index is 509. The van der Waals surface area contributed by atoms with Gasteiger partial charge in [-0.1, -0.05) is 11.6 Å². The largest absolute Gasteiger partial charge is 0.467 e. The van der Waals surface area contributed by atoms with Crippen molar-refractivity contribution < 1.29 is 4.42 Å². The van der Waals surface area contributed by atoms with E-state index in [1.54, 1.807) is 6.26 Å². The molecule has 3 nitrogen and oxygen atoms in total. The third-order valence-electron chi connectivity index (χ3n) is 2.78. The van der Waals surface area contributed by atoms with Crippen molar-refractivity contribution >= 4 is 23.0 Å². The average molecular weight is 265 g/mol. The van der Waals surface area contributed by atoms with Gasteiger partial charge in [0.05, 0.1) is 23.7 Å². The maximum absolute atomic E-state index is 6.05. The lowest BCUT2D eigenvalue weighted by Crippen LogP contribution is -2.13. The summed E-state index contributed by atoms with van der Waals surface area (Å²) in [5.74, 6) is 0.902. The molecule has 0 spiro atoms. The summed E-state index contributed by atoms with van der Waals surface area (Å²) in [5.41, 5.74) is 2.09. The van der Waals surface area contributed by atoms with Gasteiger partial charge in [0, 0.05) is 19.1 Å². The zero-order valence-corrected chi connectivity index (χ0v) is 11.5. The van der Waals surface area contributed by atoms with Crippen LogP contribution >= 0.6 is 11.6 Å². The van der Waals surface area contributed by atoms with E-state index < -0.39 is 0 Å². The summed E-state index contributed by atoms with van der Waals surface area (Å²) >= 11 is 6.05. The number of hydrogen-bond donors (Lipinski definition) is 1. The predicted molar refractivity (Wildman–Crippen MR) is 76.5 cm³/mol. The van der Waals surface area contributed by atoms with Gasteiger partial charge >= 0.3 is 0 Å². The topological polar surface area (TPSA) is 28.4 Å². The Hall–Kier alpha value is -1.61. The van der Waals surface area contributed by atoms with E-state index in [9.17, 15) is 0 Å². The molecule has 2 aromatic rings. The molecule has 0 fully saturated rings. The van der Waals surface area contributed by atoms with Crippen LogP contribution in [0.5, 0.6) is 0 Å². The minimum Gasteiger partial charge on any atom is -0.467 e. The van der Waals surface area contributed by atoms with Crippen molar-refractivity contribution in [2.45, 2.75) is 13.0 Å². The van der Waals surface area contributed by atoms with Crippen LogP contribution in [-0.4, -0.2) is 14.1 Å². The fraction of sp³-hybridized carbons (Fsp3) is 0.286. The smallest absolute Gasteiger partial charge is 0.125 e. The third-order valence-corrected chi connectivity index (χ3v) is 3.02. The Morgan fingerprint density at radius 3 is 2.67 bits per heavy atom. The van der Waals surface area contributed by atoms with Gasteiger partial charge in [0.15, 0.2) is 0 Å².